The molecule has 1 aliphatic heterocycles. The van der Waals surface area contributed by atoms with Crippen LogP contribution < -0.4 is 4.74 Å². The van der Waals surface area contributed by atoms with Gasteiger partial charge in [-0.05, 0) is 38.0 Å². The van der Waals surface area contributed by atoms with Gasteiger partial charge in [0.2, 0.25) is 0 Å². The molecular formula is C25H36O5Si. The molecule has 170 valence electrons. The summed E-state index contributed by atoms with van der Waals surface area (Å²) in [5.41, 5.74) is 6.70. The van der Waals surface area contributed by atoms with Crippen molar-refractivity contribution in [3.8, 4) is 17.2 Å². The largest absolute Gasteiger partial charge is 0.497 e. The van der Waals surface area contributed by atoms with Crippen molar-refractivity contribution in [2.45, 2.75) is 64.8 Å². The molecule has 0 saturated carbocycles. The van der Waals surface area contributed by atoms with Gasteiger partial charge in [0.05, 0.1) is 20.3 Å². The minimum Gasteiger partial charge on any atom is -0.497 e. The molecule has 0 radical (unpaired) electrons. The number of ether oxygens (including phenoxy) is 4. The number of benzene rings is 1. The molecule has 1 N–H and O–H groups in total. The van der Waals surface area contributed by atoms with Gasteiger partial charge in [-0.3, -0.25) is 0 Å². The van der Waals surface area contributed by atoms with Gasteiger partial charge >= 0.3 is 0 Å². The molecule has 1 fully saturated rings. The molecule has 1 unspecified atom stereocenters. The highest BCUT2D eigenvalue weighted by Crippen LogP contribution is 2.37. The summed E-state index contributed by atoms with van der Waals surface area (Å²) in [5, 5.41) is 10.9. The van der Waals surface area contributed by atoms with Gasteiger partial charge in [-0.1, -0.05) is 44.1 Å². The zero-order chi connectivity index (χ0) is 23.1. The standard InChI is InChI=1S/C25H36O5Si/c1-8-23(28-17-20-10-12-21(27-4)13-11-20)22(26)16-25(14-9-15-31(5,6)7)18-29-24(2,3)30-19-25/h10-13,22,26H,1,14,16-19H2,2-7H3. The van der Waals surface area contributed by atoms with E-state index in [2.05, 4.69) is 43.4 Å². The number of rotatable bonds is 8. The van der Waals surface area contributed by atoms with E-state index in [4.69, 9.17) is 18.9 Å². The number of methoxy groups -OCH3 is 1. The highest BCUT2D eigenvalue weighted by Gasteiger charge is 2.42. The Kier molecular flexibility index (Phi) is 8.59. The van der Waals surface area contributed by atoms with Crippen molar-refractivity contribution >= 4 is 8.07 Å². The molecule has 0 amide bonds. The first-order chi connectivity index (χ1) is 14.5. The molecule has 1 saturated heterocycles. The van der Waals surface area contributed by atoms with Crippen molar-refractivity contribution in [3.63, 3.8) is 0 Å². The summed E-state index contributed by atoms with van der Waals surface area (Å²) in [6, 6.07) is 7.59. The SMILES string of the molecule is C=C=C(OCc1ccc(OC)cc1)C(O)CC1(CC#C[Si](C)(C)C)COC(C)(C)OC1. The minimum absolute atomic E-state index is 0.307. The lowest BCUT2D eigenvalue weighted by atomic mass is 9.79. The molecule has 5 nitrogen and oxygen atoms in total. The molecule has 0 spiro atoms. The fraction of sp³-hybridized carbons (Fsp3) is 0.560. The van der Waals surface area contributed by atoms with Crippen LogP contribution in [-0.4, -0.2) is 45.4 Å². The van der Waals surface area contributed by atoms with E-state index in [0.29, 0.717) is 38.4 Å². The van der Waals surface area contributed by atoms with E-state index >= 15 is 0 Å². The maximum Gasteiger partial charge on any atom is 0.167 e. The van der Waals surface area contributed by atoms with Gasteiger partial charge in [-0.2, -0.15) is 0 Å². The van der Waals surface area contributed by atoms with Crippen LogP contribution in [0.25, 0.3) is 0 Å². The van der Waals surface area contributed by atoms with Gasteiger partial charge in [0, 0.05) is 11.8 Å². The lowest BCUT2D eigenvalue weighted by Crippen LogP contribution is -2.48. The van der Waals surface area contributed by atoms with Crippen LogP contribution in [0.15, 0.2) is 42.3 Å². The number of hydrogen-bond donors (Lipinski definition) is 1. The molecule has 1 aromatic rings. The van der Waals surface area contributed by atoms with Crippen LogP contribution >= 0.6 is 0 Å². The number of hydrogen-bond acceptors (Lipinski definition) is 5. The van der Waals surface area contributed by atoms with E-state index in [1.54, 1.807) is 7.11 Å². The van der Waals surface area contributed by atoms with Gasteiger partial charge in [0.1, 0.15) is 26.5 Å². The summed E-state index contributed by atoms with van der Waals surface area (Å²) in [7, 11) is 0.134. The third-order valence-corrected chi connectivity index (χ3v) is 5.96. The predicted octanol–water partition coefficient (Wildman–Crippen LogP) is 4.67. The van der Waals surface area contributed by atoms with E-state index in [1.165, 1.54) is 0 Å². The summed E-state index contributed by atoms with van der Waals surface area (Å²) < 4.78 is 22.9. The van der Waals surface area contributed by atoms with Crippen molar-refractivity contribution in [2.75, 3.05) is 20.3 Å². The summed E-state index contributed by atoms with van der Waals surface area (Å²) in [5.74, 6) is 3.80. The Bertz CT molecular complexity index is 825. The van der Waals surface area contributed by atoms with Crippen molar-refractivity contribution in [1.82, 2.24) is 0 Å². The molecule has 1 heterocycles. The lowest BCUT2D eigenvalue weighted by molar-refractivity contribution is -0.288. The summed E-state index contributed by atoms with van der Waals surface area (Å²) in [6.45, 7) is 15.4. The van der Waals surface area contributed by atoms with Crippen molar-refractivity contribution in [3.05, 3.63) is 47.9 Å². The van der Waals surface area contributed by atoms with E-state index in [0.717, 1.165) is 11.3 Å². The Hall–Kier alpha value is -2.00. The highest BCUT2D eigenvalue weighted by molar-refractivity contribution is 6.83. The maximum atomic E-state index is 10.9. The lowest BCUT2D eigenvalue weighted by Gasteiger charge is -2.43. The van der Waals surface area contributed by atoms with Crippen LogP contribution in [0.1, 0.15) is 32.3 Å². The second-order valence-corrected chi connectivity index (χ2v) is 14.4. The average Bonchev–Trinajstić information content (AvgIpc) is 2.70. The summed E-state index contributed by atoms with van der Waals surface area (Å²) in [6.07, 6.45) is 0.106. The second-order valence-electron chi connectivity index (χ2n) is 9.60. The molecule has 1 aromatic carbocycles. The van der Waals surface area contributed by atoms with Crippen LogP contribution in [0.4, 0.5) is 0 Å². The zero-order valence-electron chi connectivity index (χ0n) is 19.7. The van der Waals surface area contributed by atoms with Crippen LogP contribution in [0.2, 0.25) is 19.6 Å². The van der Waals surface area contributed by atoms with Crippen LogP contribution in [-0.2, 0) is 20.8 Å². The molecule has 0 bridgehead atoms. The maximum absolute atomic E-state index is 10.9. The Labute approximate surface area is 188 Å². The van der Waals surface area contributed by atoms with Crippen molar-refractivity contribution < 1.29 is 24.1 Å². The summed E-state index contributed by atoms with van der Waals surface area (Å²) in [4.78, 5) is 0. The monoisotopic (exact) mass is 444 g/mol. The van der Waals surface area contributed by atoms with Crippen LogP contribution in [0.5, 0.6) is 5.75 Å². The summed E-state index contributed by atoms with van der Waals surface area (Å²) >= 11 is 0. The van der Waals surface area contributed by atoms with Crippen LogP contribution in [0, 0.1) is 16.9 Å². The Morgan fingerprint density at radius 1 is 1.19 bits per heavy atom. The normalized spacial score (nSPS) is 18.2. The molecule has 0 aromatic heterocycles. The van der Waals surface area contributed by atoms with E-state index in [9.17, 15) is 5.11 Å². The third-order valence-electron chi connectivity index (χ3n) is 5.04. The fourth-order valence-electron chi connectivity index (χ4n) is 3.18. The Morgan fingerprint density at radius 3 is 2.32 bits per heavy atom. The molecule has 0 aliphatic carbocycles. The predicted molar refractivity (Wildman–Crippen MR) is 125 cm³/mol. The minimum atomic E-state index is -1.50. The molecular weight excluding hydrogens is 408 g/mol. The fourth-order valence-corrected chi connectivity index (χ4v) is 3.80. The van der Waals surface area contributed by atoms with E-state index < -0.39 is 25.4 Å². The van der Waals surface area contributed by atoms with Gasteiger partial charge in [0.15, 0.2) is 11.5 Å². The van der Waals surface area contributed by atoms with Gasteiger partial charge in [-0.15, -0.1) is 11.5 Å². The number of aliphatic hydroxyl groups excluding tert-OH is 1. The molecule has 1 atom stereocenters. The van der Waals surface area contributed by atoms with Crippen LogP contribution in [0.3, 0.4) is 0 Å². The highest BCUT2D eigenvalue weighted by atomic mass is 28.3. The molecule has 2 rings (SSSR count). The molecule has 31 heavy (non-hydrogen) atoms. The first-order valence-electron chi connectivity index (χ1n) is 10.6. The van der Waals surface area contributed by atoms with Gasteiger partial charge < -0.3 is 24.1 Å². The average molecular weight is 445 g/mol. The Balaban J connectivity index is 2.08. The number of aliphatic hydroxyl groups is 1. The van der Waals surface area contributed by atoms with E-state index in [1.807, 2.05) is 38.1 Å². The third kappa shape index (κ3) is 8.21. The zero-order valence-corrected chi connectivity index (χ0v) is 20.7. The molecule has 1 aliphatic rings. The topological polar surface area (TPSA) is 57.2 Å². The van der Waals surface area contributed by atoms with E-state index in [-0.39, 0.29) is 0 Å². The Morgan fingerprint density at radius 2 is 1.81 bits per heavy atom. The first-order valence-corrected chi connectivity index (χ1v) is 14.1. The van der Waals surface area contributed by atoms with Crippen molar-refractivity contribution in [1.29, 1.82) is 0 Å². The van der Waals surface area contributed by atoms with Gasteiger partial charge in [0.25, 0.3) is 0 Å². The second kappa shape index (κ2) is 10.5. The smallest absolute Gasteiger partial charge is 0.167 e. The molecule has 6 heteroatoms. The van der Waals surface area contributed by atoms with Crippen molar-refractivity contribution in [2.24, 2.45) is 5.41 Å². The first kappa shape index (κ1) is 25.3. The van der Waals surface area contributed by atoms with Gasteiger partial charge in [-0.25, -0.2) is 0 Å². The quantitative estimate of drug-likeness (QED) is 0.273.